The summed E-state index contributed by atoms with van der Waals surface area (Å²) in [6.45, 7) is 4.38. The lowest BCUT2D eigenvalue weighted by Crippen LogP contribution is -2.31. The lowest BCUT2D eigenvalue weighted by atomic mass is 9.79. The van der Waals surface area contributed by atoms with Gasteiger partial charge in [-0.15, -0.1) is 0 Å². The Morgan fingerprint density at radius 2 is 2.22 bits per heavy atom. The van der Waals surface area contributed by atoms with Gasteiger partial charge in [0.2, 0.25) is 0 Å². The Bertz CT molecular complexity index is 433. The molecule has 0 aromatic heterocycles. The van der Waals surface area contributed by atoms with Crippen LogP contribution >= 0.6 is 0 Å². The van der Waals surface area contributed by atoms with E-state index in [2.05, 4.69) is 37.4 Å². The van der Waals surface area contributed by atoms with Crippen molar-refractivity contribution in [2.45, 2.75) is 45.6 Å². The summed E-state index contributed by atoms with van der Waals surface area (Å²) >= 11 is 0. The second kappa shape index (κ2) is 5.91. The lowest BCUT2D eigenvalue weighted by Gasteiger charge is -2.30. The van der Waals surface area contributed by atoms with E-state index in [1.54, 1.807) is 0 Å². The van der Waals surface area contributed by atoms with Gasteiger partial charge in [-0.2, -0.15) is 5.26 Å². The molecule has 1 saturated carbocycles. The maximum absolute atomic E-state index is 9.38. The molecule has 2 heteroatoms. The van der Waals surface area contributed by atoms with Gasteiger partial charge < -0.3 is 5.32 Å². The van der Waals surface area contributed by atoms with Gasteiger partial charge in [0.15, 0.2) is 0 Å². The standard InChI is InChI=1S/C16H22N2/c1-12-5-3-7-14(9-12)16(11-17)18-15-8-4-6-13(2)10-15/h4,6,8,10,12,14,16,18H,3,5,7,9H2,1-2H3. The zero-order valence-electron chi connectivity index (χ0n) is 11.3. The topological polar surface area (TPSA) is 35.8 Å². The Morgan fingerprint density at radius 3 is 2.89 bits per heavy atom. The van der Waals surface area contributed by atoms with Crippen LogP contribution in [0.4, 0.5) is 5.69 Å². The number of hydrogen-bond donors (Lipinski definition) is 1. The van der Waals surface area contributed by atoms with Crippen LogP contribution in [0.25, 0.3) is 0 Å². The molecule has 0 amide bonds. The van der Waals surface area contributed by atoms with Gasteiger partial charge in [-0.25, -0.2) is 0 Å². The van der Waals surface area contributed by atoms with Gasteiger partial charge in [0.25, 0.3) is 0 Å². The molecule has 0 spiro atoms. The van der Waals surface area contributed by atoms with Gasteiger partial charge in [-0.1, -0.05) is 31.9 Å². The number of hydrogen-bond acceptors (Lipinski definition) is 2. The van der Waals surface area contributed by atoms with E-state index in [1.165, 1.54) is 31.2 Å². The molecule has 0 bridgehead atoms. The first-order valence-corrected chi connectivity index (χ1v) is 6.92. The lowest BCUT2D eigenvalue weighted by molar-refractivity contribution is 0.274. The highest BCUT2D eigenvalue weighted by atomic mass is 14.9. The molecule has 1 aromatic carbocycles. The SMILES string of the molecule is Cc1cccc(NC(C#N)C2CCCC(C)C2)c1. The zero-order chi connectivity index (χ0) is 13.0. The van der Waals surface area contributed by atoms with E-state index in [0.29, 0.717) is 5.92 Å². The third-order valence-electron chi connectivity index (χ3n) is 3.93. The van der Waals surface area contributed by atoms with Gasteiger partial charge >= 0.3 is 0 Å². The van der Waals surface area contributed by atoms with E-state index in [4.69, 9.17) is 0 Å². The molecule has 1 aliphatic carbocycles. The second-order valence-electron chi connectivity index (χ2n) is 5.65. The number of nitrogens with one attached hydrogen (secondary N) is 1. The molecule has 1 aliphatic rings. The van der Waals surface area contributed by atoms with E-state index in [-0.39, 0.29) is 6.04 Å². The summed E-state index contributed by atoms with van der Waals surface area (Å²) in [7, 11) is 0. The Balaban J connectivity index is 2.03. The van der Waals surface area contributed by atoms with Crippen LogP contribution in [0.3, 0.4) is 0 Å². The number of rotatable bonds is 3. The molecule has 1 fully saturated rings. The molecule has 1 N–H and O–H groups in total. The Kier molecular flexibility index (Phi) is 4.25. The predicted octanol–water partition coefficient (Wildman–Crippen LogP) is 4.13. The average Bonchev–Trinajstić information content (AvgIpc) is 2.36. The molecular formula is C16H22N2. The molecular weight excluding hydrogens is 220 g/mol. The van der Waals surface area contributed by atoms with Crippen molar-refractivity contribution in [2.75, 3.05) is 5.32 Å². The van der Waals surface area contributed by atoms with Crippen molar-refractivity contribution in [3.05, 3.63) is 29.8 Å². The summed E-state index contributed by atoms with van der Waals surface area (Å²) < 4.78 is 0. The predicted molar refractivity (Wildman–Crippen MR) is 75.3 cm³/mol. The Morgan fingerprint density at radius 1 is 1.39 bits per heavy atom. The monoisotopic (exact) mass is 242 g/mol. The van der Waals surface area contributed by atoms with Crippen LogP contribution in [0.2, 0.25) is 0 Å². The van der Waals surface area contributed by atoms with Gasteiger partial charge in [-0.3, -0.25) is 0 Å². The van der Waals surface area contributed by atoms with Crippen molar-refractivity contribution in [1.82, 2.24) is 0 Å². The highest BCUT2D eigenvalue weighted by molar-refractivity contribution is 5.47. The first-order valence-electron chi connectivity index (χ1n) is 6.92. The number of anilines is 1. The summed E-state index contributed by atoms with van der Waals surface area (Å²) in [5.41, 5.74) is 2.30. The third kappa shape index (κ3) is 3.26. The largest absolute Gasteiger partial charge is 0.370 e. The van der Waals surface area contributed by atoms with Crippen LogP contribution < -0.4 is 5.32 Å². The molecule has 0 aliphatic heterocycles. The van der Waals surface area contributed by atoms with Crippen molar-refractivity contribution in [2.24, 2.45) is 11.8 Å². The van der Waals surface area contributed by atoms with Crippen LogP contribution in [-0.2, 0) is 0 Å². The molecule has 1 aromatic rings. The molecule has 0 radical (unpaired) electrons. The Hall–Kier alpha value is -1.49. The summed E-state index contributed by atoms with van der Waals surface area (Å²) in [5.74, 6) is 1.26. The minimum atomic E-state index is -0.0467. The first-order chi connectivity index (χ1) is 8.69. The third-order valence-corrected chi connectivity index (χ3v) is 3.93. The number of nitriles is 1. The molecule has 2 rings (SSSR count). The van der Waals surface area contributed by atoms with Crippen LogP contribution in [0.15, 0.2) is 24.3 Å². The molecule has 3 atom stereocenters. The van der Waals surface area contributed by atoms with E-state index in [9.17, 15) is 5.26 Å². The summed E-state index contributed by atoms with van der Waals surface area (Å²) in [4.78, 5) is 0. The quantitative estimate of drug-likeness (QED) is 0.865. The number of benzene rings is 1. The minimum absolute atomic E-state index is 0.0467. The van der Waals surface area contributed by atoms with Crippen molar-refractivity contribution >= 4 is 5.69 Å². The van der Waals surface area contributed by atoms with Gasteiger partial charge in [-0.05, 0) is 49.3 Å². The summed E-state index contributed by atoms with van der Waals surface area (Å²) in [5, 5.41) is 12.8. The fourth-order valence-electron chi connectivity index (χ4n) is 2.95. The molecule has 0 saturated heterocycles. The van der Waals surface area contributed by atoms with Crippen LogP contribution in [-0.4, -0.2) is 6.04 Å². The van der Waals surface area contributed by atoms with Crippen molar-refractivity contribution in [3.63, 3.8) is 0 Å². The van der Waals surface area contributed by atoms with Gasteiger partial charge in [0.05, 0.1) is 6.07 Å². The smallest absolute Gasteiger partial charge is 0.117 e. The number of nitrogens with zero attached hydrogens (tertiary/aromatic N) is 1. The molecule has 0 heterocycles. The second-order valence-corrected chi connectivity index (χ2v) is 5.65. The summed E-state index contributed by atoms with van der Waals surface area (Å²) in [6, 6.07) is 10.7. The molecule has 18 heavy (non-hydrogen) atoms. The van der Waals surface area contributed by atoms with Crippen LogP contribution in [0.5, 0.6) is 0 Å². The Labute approximate surface area is 110 Å². The molecule has 3 unspecified atom stereocenters. The van der Waals surface area contributed by atoms with Crippen molar-refractivity contribution in [1.29, 1.82) is 5.26 Å². The molecule has 96 valence electrons. The fraction of sp³-hybridized carbons (Fsp3) is 0.562. The minimum Gasteiger partial charge on any atom is -0.370 e. The van der Waals surface area contributed by atoms with E-state index in [0.717, 1.165) is 11.6 Å². The van der Waals surface area contributed by atoms with E-state index < -0.39 is 0 Å². The van der Waals surface area contributed by atoms with Crippen LogP contribution in [0, 0.1) is 30.1 Å². The normalized spacial score (nSPS) is 25.2. The molecule has 2 nitrogen and oxygen atoms in total. The van der Waals surface area contributed by atoms with Crippen LogP contribution in [0.1, 0.15) is 38.2 Å². The fourth-order valence-corrected chi connectivity index (χ4v) is 2.95. The first kappa shape index (κ1) is 13.0. The van der Waals surface area contributed by atoms with Crippen molar-refractivity contribution in [3.8, 4) is 6.07 Å². The van der Waals surface area contributed by atoms with E-state index in [1.807, 2.05) is 12.1 Å². The number of aryl methyl sites for hydroxylation is 1. The van der Waals surface area contributed by atoms with Crippen molar-refractivity contribution < 1.29 is 0 Å². The van der Waals surface area contributed by atoms with Gasteiger partial charge in [0, 0.05) is 5.69 Å². The maximum atomic E-state index is 9.38. The maximum Gasteiger partial charge on any atom is 0.117 e. The highest BCUT2D eigenvalue weighted by Gasteiger charge is 2.26. The summed E-state index contributed by atoms with van der Waals surface area (Å²) in [6.07, 6.45) is 4.94. The van der Waals surface area contributed by atoms with Gasteiger partial charge in [0.1, 0.15) is 6.04 Å². The zero-order valence-corrected chi connectivity index (χ0v) is 11.3. The highest BCUT2D eigenvalue weighted by Crippen LogP contribution is 2.31. The van der Waals surface area contributed by atoms with E-state index >= 15 is 0 Å². The average molecular weight is 242 g/mol.